The number of nitrogens with zero attached hydrogens (tertiary/aromatic N) is 3. The number of anilines is 1. The zero-order valence-corrected chi connectivity index (χ0v) is 16.6. The predicted octanol–water partition coefficient (Wildman–Crippen LogP) is 3.99. The quantitative estimate of drug-likeness (QED) is 0.663. The molecule has 3 aromatic rings. The van der Waals surface area contributed by atoms with Crippen molar-refractivity contribution < 1.29 is 9.53 Å². The summed E-state index contributed by atoms with van der Waals surface area (Å²) >= 11 is 7.93. The number of halogens is 1. The number of rotatable bonds is 4. The second-order valence-corrected chi connectivity index (χ2v) is 7.89. The maximum absolute atomic E-state index is 12.4. The number of thiazole rings is 1. The molecule has 1 aliphatic rings. The topological polar surface area (TPSA) is 45.7 Å². The molecule has 0 radical (unpaired) electrons. The minimum absolute atomic E-state index is 0.0155. The summed E-state index contributed by atoms with van der Waals surface area (Å²) in [4.78, 5) is 21.2. The number of benzene rings is 2. The molecule has 0 N–H and O–H groups in total. The summed E-state index contributed by atoms with van der Waals surface area (Å²) in [6, 6.07) is 13.3. The van der Waals surface area contributed by atoms with Gasteiger partial charge in [-0.15, -0.1) is 0 Å². The van der Waals surface area contributed by atoms with E-state index in [-0.39, 0.29) is 12.5 Å². The van der Waals surface area contributed by atoms with Crippen molar-refractivity contribution >= 4 is 44.2 Å². The number of para-hydroxylation sites is 1. The predicted molar refractivity (Wildman–Crippen MR) is 110 cm³/mol. The van der Waals surface area contributed by atoms with Gasteiger partial charge < -0.3 is 14.5 Å². The minimum atomic E-state index is 0.0155. The van der Waals surface area contributed by atoms with Gasteiger partial charge in [-0.3, -0.25) is 4.79 Å². The third-order valence-electron chi connectivity index (χ3n) is 4.69. The number of carbonyl (C=O) groups excluding carboxylic acids is 1. The molecule has 2 heterocycles. The van der Waals surface area contributed by atoms with Crippen LogP contribution >= 0.6 is 22.9 Å². The zero-order valence-electron chi connectivity index (χ0n) is 15.0. The van der Waals surface area contributed by atoms with E-state index in [9.17, 15) is 4.79 Å². The highest BCUT2D eigenvalue weighted by Gasteiger charge is 2.24. The molecule has 140 valence electrons. The smallest absolute Gasteiger partial charge is 0.260 e. The van der Waals surface area contributed by atoms with Gasteiger partial charge in [0.2, 0.25) is 0 Å². The Morgan fingerprint density at radius 2 is 1.89 bits per heavy atom. The maximum Gasteiger partial charge on any atom is 0.260 e. The number of fused-ring (bicyclic) bond motifs is 1. The van der Waals surface area contributed by atoms with Crippen molar-refractivity contribution in [1.82, 2.24) is 9.88 Å². The van der Waals surface area contributed by atoms with E-state index in [1.807, 2.05) is 54.3 Å². The van der Waals surface area contributed by atoms with Crippen LogP contribution in [0, 0.1) is 6.92 Å². The van der Waals surface area contributed by atoms with E-state index < -0.39 is 0 Å². The van der Waals surface area contributed by atoms with Crippen molar-refractivity contribution in [2.75, 3.05) is 37.7 Å². The van der Waals surface area contributed by atoms with Crippen LogP contribution in [-0.4, -0.2) is 48.6 Å². The number of hydrogen-bond acceptors (Lipinski definition) is 5. The normalized spacial score (nSPS) is 14.6. The molecule has 1 saturated heterocycles. The van der Waals surface area contributed by atoms with Gasteiger partial charge in [0.1, 0.15) is 5.75 Å². The molecule has 7 heteroatoms. The van der Waals surface area contributed by atoms with Gasteiger partial charge in [0, 0.05) is 26.2 Å². The molecule has 1 aromatic heterocycles. The van der Waals surface area contributed by atoms with Crippen LogP contribution in [0.3, 0.4) is 0 Å². The van der Waals surface area contributed by atoms with Crippen LogP contribution in [0.5, 0.6) is 5.75 Å². The third-order valence-corrected chi connectivity index (χ3v) is 6.27. The van der Waals surface area contributed by atoms with E-state index in [2.05, 4.69) is 4.90 Å². The van der Waals surface area contributed by atoms with Gasteiger partial charge in [-0.05, 0) is 30.7 Å². The molecule has 27 heavy (non-hydrogen) atoms. The van der Waals surface area contributed by atoms with Crippen molar-refractivity contribution in [3.63, 3.8) is 0 Å². The number of hydrogen-bond donors (Lipinski definition) is 0. The second-order valence-electron chi connectivity index (χ2n) is 6.51. The van der Waals surface area contributed by atoms with E-state index in [1.165, 1.54) is 0 Å². The fourth-order valence-corrected chi connectivity index (χ4v) is 4.49. The number of ether oxygens (including phenoxy) is 1. The molecule has 4 rings (SSSR count). The molecule has 1 fully saturated rings. The van der Waals surface area contributed by atoms with Gasteiger partial charge in [-0.1, -0.05) is 47.2 Å². The Bertz CT molecular complexity index is 914. The fourth-order valence-electron chi connectivity index (χ4n) is 3.13. The van der Waals surface area contributed by atoms with E-state index in [0.717, 1.165) is 39.0 Å². The lowest BCUT2D eigenvalue weighted by molar-refractivity contribution is -0.133. The number of aryl methyl sites for hydroxylation is 1. The minimum Gasteiger partial charge on any atom is -0.484 e. The molecule has 0 unspecified atom stereocenters. The summed E-state index contributed by atoms with van der Waals surface area (Å²) in [6.07, 6.45) is 0. The molecule has 0 aliphatic carbocycles. The second kappa shape index (κ2) is 7.74. The largest absolute Gasteiger partial charge is 0.484 e. The van der Waals surface area contributed by atoms with Crippen molar-refractivity contribution in [2.45, 2.75) is 6.92 Å². The lowest BCUT2D eigenvalue weighted by Gasteiger charge is -2.34. The summed E-state index contributed by atoms with van der Waals surface area (Å²) in [5.41, 5.74) is 2.10. The molecular formula is C20H20ClN3O2S. The molecule has 0 atom stereocenters. The van der Waals surface area contributed by atoms with Crippen molar-refractivity contribution in [3.8, 4) is 5.75 Å². The molecular weight excluding hydrogens is 382 g/mol. The SMILES string of the molecule is Cc1ccc(Cl)c2sc(N3CCN(C(=O)COc4ccccc4)CC3)nc12. The molecule has 0 spiro atoms. The molecule has 1 amide bonds. The number of aromatic nitrogens is 1. The summed E-state index contributed by atoms with van der Waals surface area (Å²) in [5.74, 6) is 0.730. The first-order valence-electron chi connectivity index (χ1n) is 8.88. The van der Waals surface area contributed by atoms with Crippen molar-refractivity contribution in [3.05, 3.63) is 53.1 Å². The van der Waals surface area contributed by atoms with Crippen LogP contribution in [0.15, 0.2) is 42.5 Å². The highest BCUT2D eigenvalue weighted by Crippen LogP contribution is 2.35. The number of amides is 1. The Labute approximate surface area is 167 Å². The van der Waals surface area contributed by atoms with Crippen LogP contribution in [-0.2, 0) is 4.79 Å². The molecule has 0 saturated carbocycles. The Kier molecular flexibility index (Phi) is 5.18. The van der Waals surface area contributed by atoms with Crippen LogP contribution in [0.4, 0.5) is 5.13 Å². The first kappa shape index (κ1) is 18.1. The number of carbonyl (C=O) groups is 1. The summed E-state index contributed by atoms with van der Waals surface area (Å²) < 4.78 is 6.60. The van der Waals surface area contributed by atoms with Gasteiger partial charge >= 0.3 is 0 Å². The van der Waals surface area contributed by atoms with Crippen molar-refractivity contribution in [1.29, 1.82) is 0 Å². The monoisotopic (exact) mass is 401 g/mol. The highest BCUT2D eigenvalue weighted by atomic mass is 35.5. The lowest BCUT2D eigenvalue weighted by atomic mass is 10.2. The van der Waals surface area contributed by atoms with E-state index in [0.29, 0.717) is 18.8 Å². The first-order valence-corrected chi connectivity index (χ1v) is 10.1. The standard InChI is InChI=1S/C20H20ClN3O2S/c1-14-7-8-16(21)19-18(14)22-20(27-19)24-11-9-23(10-12-24)17(25)13-26-15-5-3-2-4-6-15/h2-8H,9-13H2,1H3. The van der Waals surface area contributed by atoms with Crippen molar-refractivity contribution in [2.24, 2.45) is 0 Å². The third kappa shape index (κ3) is 3.87. The Morgan fingerprint density at radius 1 is 1.15 bits per heavy atom. The van der Waals surface area contributed by atoms with Crippen LogP contribution < -0.4 is 9.64 Å². The van der Waals surface area contributed by atoms with E-state index in [4.69, 9.17) is 21.3 Å². The zero-order chi connectivity index (χ0) is 18.8. The van der Waals surface area contributed by atoms with E-state index in [1.54, 1.807) is 11.3 Å². The Hall–Kier alpha value is -2.31. The van der Waals surface area contributed by atoms with Gasteiger partial charge in [0.05, 0.1) is 15.2 Å². The summed E-state index contributed by atoms with van der Waals surface area (Å²) in [6.45, 7) is 4.96. The fraction of sp³-hybridized carbons (Fsp3) is 0.300. The van der Waals surface area contributed by atoms with Gasteiger partial charge in [-0.2, -0.15) is 0 Å². The average molecular weight is 402 g/mol. The molecule has 0 bridgehead atoms. The lowest BCUT2D eigenvalue weighted by Crippen LogP contribution is -2.50. The molecule has 5 nitrogen and oxygen atoms in total. The average Bonchev–Trinajstić information content (AvgIpc) is 3.17. The Morgan fingerprint density at radius 3 is 2.59 bits per heavy atom. The summed E-state index contributed by atoms with van der Waals surface area (Å²) in [7, 11) is 0. The van der Waals surface area contributed by atoms with Crippen LogP contribution in [0.25, 0.3) is 10.2 Å². The van der Waals surface area contributed by atoms with E-state index >= 15 is 0 Å². The first-order chi connectivity index (χ1) is 13.1. The van der Waals surface area contributed by atoms with Crippen LogP contribution in [0.2, 0.25) is 5.02 Å². The van der Waals surface area contributed by atoms with Crippen LogP contribution in [0.1, 0.15) is 5.56 Å². The van der Waals surface area contributed by atoms with Gasteiger partial charge in [-0.25, -0.2) is 4.98 Å². The van der Waals surface area contributed by atoms with Gasteiger partial charge in [0.25, 0.3) is 5.91 Å². The Balaban J connectivity index is 1.37. The molecule has 2 aromatic carbocycles. The molecule has 1 aliphatic heterocycles. The highest BCUT2D eigenvalue weighted by molar-refractivity contribution is 7.22. The maximum atomic E-state index is 12.4. The van der Waals surface area contributed by atoms with Gasteiger partial charge in [0.15, 0.2) is 11.7 Å². The number of piperazine rings is 1. The summed E-state index contributed by atoms with van der Waals surface area (Å²) in [5, 5.41) is 1.71.